The molecule has 2 nitrogen and oxygen atoms in total. The molecule has 68 valence electrons. The highest BCUT2D eigenvalue weighted by Crippen LogP contribution is 2.32. The van der Waals surface area contributed by atoms with Gasteiger partial charge in [0.2, 0.25) is 0 Å². The Morgan fingerprint density at radius 1 is 1.31 bits per heavy atom. The van der Waals surface area contributed by atoms with Gasteiger partial charge in [-0.2, -0.15) is 0 Å². The number of aromatic amines is 1. The summed E-state index contributed by atoms with van der Waals surface area (Å²) in [5.74, 6) is 0.766. The molecule has 13 heavy (non-hydrogen) atoms. The van der Waals surface area contributed by atoms with E-state index in [1.165, 1.54) is 0 Å². The predicted octanol–water partition coefficient (Wildman–Crippen LogP) is 3.48. The lowest BCUT2D eigenvalue weighted by molar-refractivity contribution is 0.420. The van der Waals surface area contributed by atoms with Crippen molar-refractivity contribution in [3.8, 4) is 5.75 Å². The van der Waals surface area contributed by atoms with Crippen LogP contribution < -0.4 is 4.74 Å². The van der Waals surface area contributed by atoms with Gasteiger partial charge in [0.25, 0.3) is 0 Å². The Hall–Kier alpha value is -0.860. The molecule has 2 rings (SSSR count). The average molecular weight is 216 g/mol. The molecule has 0 fully saturated rings. The van der Waals surface area contributed by atoms with Gasteiger partial charge in [0, 0.05) is 5.39 Å². The molecule has 0 spiro atoms. The van der Waals surface area contributed by atoms with Gasteiger partial charge >= 0.3 is 0 Å². The Balaban J connectivity index is 2.83. The van der Waals surface area contributed by atoms with Gasteiger partial charge in [-0.3, -0.25) is 0 Å². The lowest BCUT2D eigenvalue weighted by Gasteiger charge is -2.01. The van der Waals surface area contributed by atoms with Crippen LogP contribution in [0, 0.1) is 0 Å². The highest BCUT2D eigenvalue weighted by atomic mass is 35.5. The molecule has 1 heterocycles. The number of methoxy groups -OCH3 is 1. The first-order chi connectivity index (χ1) is 6.22. The predicted molar refractivity (Wildman–Crippen MR) is 54.9 cm³/mol. The van der Waals surface area contributed by atoms with E-state index in [0.29, 0.717) is 10.2 Å². The van der Waals surface area contributed by atoms with Crippen LogP contribution in [0.5, 0.6) is 5.75 Å². The van der Waals surface area contributed by atoms with Crippen LogP contribution in [-0.2, 0) is 0 Å². The number of H-pyrrole nitrogens is 1. The van der Waals surface area contributed by atoms with Gasteiger partial charge < -0.3 is 9.72 Å². The van der Waals surface area contributed by atoms with Crippen LogP contribution in [0.1, 0.15) is 0 Å². The number of hydrogen-bond acceptors (Lipinski definition) is 1. The van der Waals surface area contributed by atoms with Crippen LogP contribution in [0.4, 0.5) is 0 Å². The SMILES string of the molecule is COc1ccc(Cl)c2[nH]c(Cl)cc12. The van der Waals surface area contributed by atoms with Crippen LogP contribution in [0.25, 0.3) is 10.9 Å². The second-order valence-electron chi connectivity index (χ2n) is 2.66. The third-order valence-corrected chi connectivity index (χ3v) is 2.41. The van der Waals surface area contributed by atoms with Gasteiger partial charge in [0.05, 0.1) is 17.6 Å². The Morgan fingerprint density at radius 2 is 2.08 bits per heavy atom. The number of nitrogens with one attached hydrogen (secondary N) is 1. The third-order valence-electron chi connectivity index (χ3n) is 1.89. The molecule has 0 radical (unpaired) electrons. The standard InChI is InChI=1S/C9H7Cl2NO/c1-13-7-3-2-6(10)9-5(7)4-8(11)12-9/h2-4,12H,1H3. The fraction of sp³-hybridized carbons (Fsp3) is 0.111. The average Bonchev–Trinajstić information content (AvgIpc) is 2.48. The molecule has 0 atom stereocenters. The van der Waals surface area contributed by atoms with Crippen LogP contribution in [0.3, 0.4) is 0 Å². The van der Waals surface area contributed by atoms with E-state index in [0.717, 1.165) is 16.7 Å². The molecule has 0 saturated carbocycles. The van der Waals surface area contributed by atoms with Crippen LogP contribution >= 0.6 is 23.2 Å². The third kappa shape index (κ3) is 1.36. The molecule has 1 N–H and O–H groups in total. The van der Waals surface area contributed by atoms with E-state index < -0.39 is 0 Å². The molecule has 0 unspecified atom stereocenters. The first-order valence-electron chi connectivity index (χ1n) is 3.73. The van der Waals surface area contributed by atoms with E-state index in [2.05, 4.69) is 4.98 Å². The molecule has 4 heteroatoms. The molecule has 0 amide bonds. The van der Waals surface area contributed by atoms with Crippen molar-refractivity contribution in [2.24, 2.45) is 0 Å². The maximum absolute atomic E-state index is 5.95. The number of hydrogen-bond donors (Lipinski definition) is 1. The molecule has 2 aromatic rings. The zero-order chi connectivity index (χ0) is 9.42. The highest BCUT2D eigenvalue weighted by molar-refractivity contribution is 6.36. The minimum atomic E-state index is 0.557. The van der Waals surface area contributed by atoms with Crippen molar-refractivity contribution in [1.82, 2.24) is 4.98 Å². The van der Waals surface area contributed by atoms with Gasteiger partial charge in [0.1, 0.15) is 10.9 Å². The largest absolute Gasteiger partial charge is 0.496 e. The number of aromatic nitrogens is 1. The summed E-state index contributed by atoms with van der Waals surface area (Å²) < 4.78 is 5.16. The minimum Gasteiger partial charge on any atom is -0.496 e. The van der Waals surface area contributed by atoms with E-state index in [4.69, 9.17) is 27.9 Å². The minimum absolute atomic E-state index is 0.557. The zero-order valence-electron chi connectivity index (χ0n) is 6.90. The Labute approximate surface area is 85.4 Å². The quantitative estimate of drug-likeness (QED) is 0.775. The number of halogens is 2. The Kier molecular flexibility index (Phi) is 2.10. The molecule has 0 aliphatic rings. The summed E-state index contributed by atoms with van der Waals surface area (Å²) in [4.78, 5) is 2.95. The summed E-state index contributed by atoms with van der Waals surface area (Å²) in [7, 11) is 1.61. The monoisotopic (exact) mass is 215 g/mol. The van der Waals surface area contributed by atoms with Crippen molar-refractivity contribution in [1.29, 1.82) is 0 Å². The zero-order valence-corrected chi connectivity index (χ0v) is 8.41. The summed E-state index contributed by atoms with van der Waals surface area (Å²) in [6.07, 6.45) is 0. The Bertz CT molecular complexity index is 450. The Morgan fingerprint density at radius 3 is 2.77 bits per heavy atom. The fourth-order valence-corrected chi connectivity index (χ4v) is 1.72. The summed E-state index contributed by atoms with van der Waals surface area (Å²) in [6, 6.07) is 5.38. The number of benzene rings is 1. The number of rotatable bonds is 1. The van der Waals surface area contributed by atoms with E-state index in [1.54, 1.807) is 19.2 Å². The van der Waals surface area contributed by atoms with E-state index in [9.17, 15) is 0 Å². The van der Waals surface area contributed by atoms with Gasteiger partial charge in [-0.15, -0.1) is 0 Å². The first-order valence-corrected chi connectivity index (χ1v) is 4.48. The molecular formula is C9H7Cl2NO. The highest BCUT2D eigenvalue weighted by Gasteiger charge is 2.07. The summed E-state index contributed by atoms with van der Waals surface area (Å²) >= 11 is 11.8. The van der Waals surface area contributed by atoms with Crippen LogP contribution in [-0.4, -0.2) is 12.1 Å². The van der Waals surface area contributed by atoms with Crippen molar-refractivity contribution < 1.29 is 4.74 Å². The van der Waals surface area contributed by atoms with E-state index >= 15 is 0 Å². The normalized spacial score (nSPS) is 10.7. The van der Waals surface area contributed by atoms with E-state index in [1.807, 2.05) is 6.07 Å². The number of fused-ring (bicyclic) bond motifs is 1. The lowest BCUT2D eigenvalue weighted by atomic mass is 10.2. The molecule has 0 saturated heterocycles. The van der Waals surface area contributed by atoms with Crippen molar-refractivity contribution in [3.05, 3.63) is 28.4 Å². The molecule has 0 aliphatic heterocycles. The molecule has 0 aliphatic carbocycles. The summed E-state index contributed by atoms with van der Waals surface area (Å²) in [5.41, 5.74) is 0.811. The smallest absolute Gasteiger partial charge is 0.128 e. The van der Waals surface area contributed by atoms with Gasteiger partial charge in [0.15, 0.2) is 0 Å². The summed E-state index contributed by atoms with van der Waals surface area (Å²) in [5, 5.41) is 2.10. The maximum Gasteiger partial charge on any atom is 0.128 e. The number of ether oxygens (including phenoxy) is 1. The van der Waals surface area contributed by atoms with Gasteiger partial charge in [-0.25, -0.2) is 0 Å². The molecule has 0 bridgehead atoms. The molecule has 1 aromatic heterocycles. The van der Waals surface area contributed by atoms with Gasteiger partial charge in [-0.1, -0.05) is 23.2 Å². The van der Waals surface area contributed by atoms with Crippen molar-refractivity contribution in [2.75, 3.05) is 7.11 Å². The summed E-state index contributed by atoms with van der Waals surface area (Å²) in [6.45, 7) is 0. The topological polar surface area (TPSA) is 25.0 Å². The van der Waals surface area contributed by atoms with Crippen LogP contribution in [0.15, 0.2) is 18.2 Å². The van der Waals surface area contributed by atoms with E-state index in [-0.39, 0.29) is 0 Å². The fourth-order valence-electron chi connectivity index (χ4n) is 1.30. The van der Waals surface area contributed by atoms with Crippen molar-refractivity contribution in [3.63, 3.8) is 0 Å². The lowest BCUT2D eigenvalue weighted by Crippen LogP contribution is -1.82. The molecular weight excluding hydrogens is 209 g/mol. The van der Waals surface area contributed by atoms with Crippen LogP contribution in [0.2, 0.25) is 10.2 Å². The van der Waals surface area contributed by atoms with Crippen molar-refractivity contribution >= 4 is 34.1 Å². The maximum atomic E-state index is 5.95. The first kappa shape index (κ1) is 8.73. The van der Waals surface area contributed by atoms with Gasteiger partial charge in [-0.05, 0) is 18.2 Å². The second-order valence-corrected chi connectivity index (χ2v) is 3.47. The molecule has 1 aromatic carbocycles. The van der Waals surface area contributed by atoms with Crippen molar-refractivity contribution in [2.45, 2.75) is 0 Å². The second kappa shape index (κ2) is 3.13.